The second-order valence-electron chi connectivity index (χ2n) is 6.43. The first kappa shape index (κ1) is 14.3. The number of hydrogen-bond donors (Lipinski definition) is 1. The van der Waals surface area contributed by atoms with Gasteiger partial charge in [0.2, 0.25) is 0 Å². The van der Waals surface area contributed by atoms with Crippen LogP contribution in [0.15, 0.2) is 0 Å². The van der Waals surface area contributed by atoms with Crippen molar-refractivity contribution in [2.45, 2.75) is 64.6 Å². The van der Waals surface area contributed by atoms with Crippen molar-refractivity contribution in [3.8, 4) is 0 Å². The van der Waals surface area contributed by atoms with E-state index in [0.29, 0.717) is 24.1 Å². The van der Waals surface area contributed by atoms with Crippen LogP contribution >= 0.6 is 0 Å². The molecule has 1 saturated carbocycles. The van der Waals surface area contributed by atoms with Crippen LogP contribution in [0.1, 0.15) is 46.5 Å². The molecule has 2 fully saturated rings. The molecule has 2 aliphatic rings. The van der Waals surface area contributed by atoms with Crippen molar-refractivity contribution >= 4 is 0 Å². The van der Waals surface area contributed by atoms with Gasteiger partial charge in [0.15, 0.2) is 0 Å². The van der Waals surface area contributed by atoms with E-state index < -0.39 is 0 Å². The maximum absolute atomic E-state index is 6.43. The summed E-state index contributed by atoms with van der Waals surface area (Å²) in [6.07, 6.45) is 5.40. The van der Waals surface area contributed by atoms with E-state index in [-0.39, 0.29) is 0 Å². The highest BCUT2D eigenvalue weighted by atomic mass is 16.5. The van der Waals surface area contributed by atoms with Crippen molar-refractivity contribution in [3.63, 3.8) is 0 Å². The highest BCUT2D eigenvalue weighted by Gasteiger charge is 2.36. The highest BCUT2D eigenvalue weighted by Crippen LogP contribution is 2.32. The molecule has 0 spiro atoms. The minimum Gasteiger partial charge on any atom is -0.377 e. The van der Waals surface area contributed by atoms with Crippen LogP contribution in [0.5, 0.6) is 0 Å². The summed E-state index contributed by atoms with van der Waals surface area (Å²) >= 11 is 0. The summed E-state index contributed by atoms with van der Waals surface area (Å²) in [7, 11) is 0. The summed E-state index contributed by atoms with van der Waals surface area (Å²) in [6.45, 7) is 10.1. The lowest BCUT2D eigenvalue weighted by Gasteiger charge is -2.44. The molecule has 1 heterocycles. The van der Waals surface area contributed by atoms with E-state index in [2.05, 4.69) is 25.7 Å². The third-order valence-corrected chi connectivity index (χ3v) is 4.76. The fourth-order valence-corrected chi connectivity index (χ4v) is 4.04. The van der Waals surface area contributed by atoms with Gasteiger partial charge in [0, 0.05) is 25.2 Å². The maximum atomic E-state index is 6.43. The Kier molecular flexibility index (Phi) is 5.05. The van der Waals surface area contributed by atoms with Crippen LogP contribution in [0, 0.1) is 11.8 Å². The number of ether oxygens (including phenoxy) is 1. The zero-order valence-electron chi connectivity index (χ0n) is 12.3. The average Bonchev–Trinajstić information content (AvgIpc) is 2.79. The van der Waals surface area contributed by atoms with Crippen LogP contribution in [0.4, 0.5) is 0 Å². The van der Waals surface area contributed by atoms with E-state index in [1.165, 1.54) is 25.7 Å². The Labute approximate surface area is 112 Å². The van der Waals surface area contributed by atoms with Gasteiger partial charge in [0.05, 0.1) is 6.10 Å². The van der Waals surface area contributed by atoms with Gasteiger partial charge in [-0.3, -0.25) is 4.90 Å². The largest absolute Gasteiger partial charge is 0.377 e. The Morgan fingerprint density at radius 2 is 2.06 bits per heavy atom. The van der Waals surface area contributed by atoms with Crippen LogP contribution < -0.4 is 5.73 Å². The SMILES string of the molecule is CCN(CC1CCCO1)C1C(C)CC(C)CC1N. The quantitative estimate of drug-likeness (QED) is 0.836. The van der Waals surface area contributed by atoms with Crippen molar-refractivity contribution in [2.24, 2.45) is 17.6 Å². The van der Waals surface area contributed by atoms with E-state index in [1.807, 2.05) is 0 Å². The first-order valence-electron chi connectivity index (χ1n) is 7.73. The van der Waals surface area contributed by atoms with Crippen LogP contribution in [0.2, 0.25) is 0 Å². The van der Waals surface area contributed by atoms with E-state index >= 15 is 0 Å². The third kappa shape index (κ3) is 3.25. The summed E-state index contributed by atoms with van der Waals surface area (Å²) in [4.78, 5) is 2.58. The molecular weight excluding hydrogens is 224 g/mol. The molecule has 2 rings (SSSR count). The molecule has 0 aromatic carbocycles. The average molecular weight is 254 g/mol. The topological polar surface area (TPSA) is 38.5 Å². The molecule has 0 aromatic heterocycles. The zero-order valence-corrected chi connectivity index (χ0v) is 12.3. The lowest BCUT2D eigenvalue weighted by atomic mass is 9.76. The second kappa shape index (κ2) is 6.36. The first-order chi connectivity index (χ1) is 8.61. The Bertz CT molecular complexity index is 241. The molecule has 1 aliphatic carbocycles. The molecule has 1 saturated heterocycles. The van der Waals surface area contributed by atoms with Gasteiger partial charge in [0.25, 0.3) is 0 Å². The minimum absolute atomic E-state index is 0.338. The number of likely N-dealkylation sites (N-methyl/N-ethyl adjacent to an activating group) is 1. The van der Waals surface area contributed by atoms with Crippen LogP contribution in [0.25, 0.3) is 0 Å². The summed E-state index contributed by atoms with van der Waals surface area (Å²) < 4.78 is 5.79. The molecule has 18 heavy (non-hydrogen) atoms. The van der Waals surface area contributed by atoms with E-state index in [4.69, 9.17) is 10.5 Å². The maximum Gasteiger partial charge on any atom is 0.0702 e. The predicted molar refractivity (Wildman–Crippen MR) is 75.5 cm³/mol. The molecule has 0 amide bonds. The van der Waals surface area contributed by atoms with Crippen molar-refractivity contribution in [1.29, 1.82) is 0 Å². The highest BCUT2D eigenvalue weighted by molar-refractivity contribution is 4.92. The Balaban J connectivity index is 1.96. The van der Waals surface area contributed by atoms with E-state index in [9.17, 15) is 0 Å². The van der Waals surface area contributed by atoms with Crippen LogP contribution in [0.3, 0.4) is 0 Å². The fraction of sp³-hybridized carbons (Fsp3) is 1.00. The second-order valence-corrected chi connectivity index (χ2v) is 6.43. The van der Waals surface area contributed by atoms with Gasteiger partial charge in [-0.2, -0.15) is 0 Å². The Morgan fingerprint density at radius 3 is 2.61 bits per heavy atom. The zero-order chi connectivity index (χ0) is 13.1. The molecule has 1 aliphatic heterocycles. The summed E-state index contributed by atoms with van der Waals surface area (Å²) in [5.41, 5.74) is 6.43. The monoisotopic (exact) mass is 254 g/mol. The molecule has 3 nitrogen and oxygen atoms in total. The van der Waals surface area contributed by atoms with Crippen molar-refractivity contribution < 1.29 is 4.74 Å². The summed E-state index contributed by atoms with van der Waals surface area (Å²) in [5.74, 6) is 1.50. The minimum atomic E-state index is 0.338. The lowest BCUT2D eigenvalue weighted by Crippen LogP contribution is -2.56. The van der Waals surface area contributed by atoms with Gasteiger partial charge >= 0.3 is 0 Å². The number of rotatable bonds is 4. The molecule has 2 N–H and O–H groups in total. The molecule has 0 aromatic rings. The van der Waals surface area contributed by atoms with Gasteiger partial charge < -0.3 is 10.5 Å². The number of nitrogens with two attached hydrogens (primary N) is 1. The van der Waals surface area contributed by atoms with Gasteiger partial charge in [-0.15, -0.1) is 0 Å². The lowest BCUT2D eigenvalue weighted by molar-refractivity contribution is 0.0232. The summed E-state index contributed by atoms with van der Waals surface area (Å²) in [5, 5.41) is 0. The van der Waals surface area contributed by atoms with Gasteiger partial charge in [-0.05, 0) is 44.1 Å². The Morgan fingerprint density at radius 1 is 1.28 bits per heavy atom. The molecule has 0 radical (unpaired) electrons. The van der Waals surface area contributed by atoms with Crippen LogP contribution in [-0.4, -0.2) is 42.8 Å². The predicted octanol–water partition coefficient (Wildman–Crippen LogP) is 2.25. The van der Waals surface area contributed by atoms with Crippen molar-refractivity contribution in [3.05, 3.63) is 0 Å². The summed E-state index contributed by atoms with van der Waals surface area (Å²) in [6, 6.07) is 0.889. The molecule has 5 unspecified atom stereocenters. The third-order valence-electron chi connectivity index (χ3n) is 4.76. The molecule has 106 valence electrons. The standard InChI is InChI=1S/C15H30N2O/c1-4-17(10-13-6-5-7-18-13)15-12(3)8-11(2)9-14(15)16/h11-15H,4-10,16H2,1-3H3. The van der Waals surface area contributed by atoms with Gasteiger partial charge in [-0.25, -0.2) is 0 Å². The first-order valence-corrected chi connectivity index (χ1v) is 7.73. The van der Waals surface area contributed by atoms with Crippen molar-refractivity contribution in [1.82, 2.24) is 4.90 Å². The van der Waals surface area contributed by atoms with Gasteiger partial charge in [-0.1, -0.05) is 20.8 Å². The van der Waals surface area contributed by atoms with E-state index in [1.54, 1.807) is 0 Å². The molecule has 5 atom stereocenters. The molecular formula is C15H30N2O. The molecule has 3 heteroatoms. The number of hydrogen-bond acceptors (Lipinski definition) is 3. The Hall–Kier alpha value is -0.120. The molecule has 0 bridgehead atoms. The van der Waals surface area contributed by atoms with Crippen molar-refractivity contribution in [2.75, 3.05) is 19.7 Å². The normalized spacial score (nSPS) is 41.5. The number of nitrogens with zero attached hydrogens (tertiary/aromatic N) is 1. The smallest absolute Gasteiger partial charge is 0.0702 e. The van der Waals surface area contributed by atoms with Gasteiger partial charge in [0.1, 0.15) is 0 Å². The van der Waals surface area contributed by atoms with E-state index in [0.717, 1.165) is 25.6 Å². The van der Waals surface area contributed by atoms with Crippen LogP contribution in [-0.2, 0) is 4.74 Å². The fourth-order valence-electron chi connectivity index (χ4n) is 4.04.